The lowest BCUT2D eigenvalue weighted by Crippen LogP contribution is -2.30. The van der Waals surface area contributed by atoms with E-state index in [2.05, 4.69) is 26.6 Å². The van der Waals surface area contributed by atoms with Gasteiger partial charge in [0, 0.05) is 26.7 Å². The molecule has 1 atom stereocenters. The summed E-state index contributed by atoms with van der Waals surface area (Å²) in [7, 11) is 0. The molecule has 3 amide bonds. The second-order valence-electron chi connectivity index (χ2n) is 9.26. The number of halogens is 5. The monoisotopic (exact) mass is 685 g/mol. The van der Waals surface area contributed by atoms with Gasteiger partial charge < -0.3 is 16.0 Å². The lowest BCUT2D eigenvalue weighted by Gasteiger charge is -2.17. The molecule has 0 aliphatic carbocycles. The number of carbonyl (C=O) groups excluding carboxylic acids is 3. The van der Waals surface area contributed by atoms with Crippen molar-refractivity contribution < 1.29 is 31.9 Å². The van der Waals surface area contributed by atoms with Crippen LogP contribution in [0, 0.1) is 23.3 Å². The van der Waals surface area contributed by atoms with Crippen LogP contribution in [0.2, 0.25) is 0 Å². The minimum absolute atomic E-state index is 0.0311. The number of carbonyl (C=O) groups is 3. The van der Waals surface area contributed by atoms with Gasteiger partial charge in [0.1, 0.15) is 11.4 Å². The largest absolute Gasteiger partial charge is 0.321 e. The van der Waals surface area contributed by atoms with E-state index >= 15 is 0 Å². The number of thioether (sulfide) groups is 1. The first-order chi connectivity index (χ1) is 21.0. The van der Waals surface area contributed by atoms with Gasteiger partial charge in [-0.3, -0.25) is 14.4 Å². The third-order valence-corrected chi connectivity index (χ3v) is 7.99. The molecule has 0 aliphatic heterocycles. The van der Waals surface area contributed by atoms with Gasteiger partial charge in [0.05, 0.1) is 5.25 Å². The molecule has 4 rings (SSSR count). The van der Waals surface area contributed by atoms with E-state index in [1.54, 1.807) is 85.8 Å². The van der Waals surface area contributed by atoms with E-state index in [1.807, 2.05) is 5.32 Å². The van der Waals surface area contributed by atoms with E-state index < -0.39 is 51.9 Å². The summed E-state index contributed by atoms with van der Waals surface area (Å²) in [5, 5.41) is 6.41. The van der Waals surface area contributed by atoms with Crippen LogP contribution in [-0.2, 0) is 9.59 Å². The van der Waals surface area contributed by atoms with Crippen molar-refractivity contribution in [2.24, 2.45) is 0 Å². The summed E-state index contributed by atoms with van der Waals surface area (Å²) in [5.74, 6) is -8.70. The Bertz CT molecular complexity index is 1690. The Balaban J connectivity index is 1.52. The maximum absolute atomic E-state index is 14.1. The molecule has 0 aliphatic rings. The van der Waals surface area contributed by atoms with Crippen molar-refractivity contribution in [3.63, 3.8) is 0 Å². The third-order valence-electron chi connectivity index (χ3n) is 6.10. The average molecular weight is 687 g/mol. The fraction of sp³-hybridized carbons (Fsp3) is 0.0938. The van der Waals surface area contributed by atoms with Crippen LogP contribution in [0.1, 0.15) is 29.3 Å². The maximum atomic E-state index is 14.1. The summed E-state index contributed by atoms with van der Waals surface area (Å²) in [6.07, 6.45) is 1.71. The summed E-state index contributed by atoms with van der Waals surface area (Å²) >= 11 is 4.37. The fourth-order valence-electron chi connectivity index (χ4n) is 3.89. The molecule has 44 heavy (non-hydrogen) atoms. The van der Waals surface area contributed by atoms with E-state index in [0.29, 0.717) is 21.7 Å². The molecule has 0 aromatic heterocycles. The first-order valence-electron chi connectivity index (χ1n) is 13.1. The van der Waals surface area contributed by atoms with Crippen LogP contribution < -0.4 is 16.0 Å². The highest BCUT2D eigenvalue weighted by molar-refractivity contribution is 9.10. The quantitative estimate of drug-likeness (QED) is 0.0685. The molecule has 4 aromatic carbocycles. The molecule has 1 unspecified atom stereocenters. The van der Waals surface area contributed by atoms with Gasteiger partial charge in [0.25, 0.3) is 11.8 Å². The Morgan fingerprint density at radius 3 is 2.14 bits per heavy atom. The summed E-state index contributed by atoms with van der Waals surface area (Å²) < 4.78 is 56.2. The van der Waals surface area contributed by atoms with Crippen LogP contribution in [-0.4, -0.2) is 23.0 Å². The first kappa shape index (κ1) is 32.5. The molecule has 0 heterocycles. The highest BCUT2D eigenvalue weighted by Gasteiger charge is 2.25. The first-order valence-corrected chi connectivity index (χ1v) is 14.8. The van der Waals surface area contributed by atoms with Crippen LogP contribution in [0.3, 0.4) is 0 Å². The highest BCUT2D eigenvalue weighted by atomic mass is 79.9. The van der Waals surface area contributed by atoms with Gasteiger partial charge in [0.2, 0.25) is 5.91 Å². The van der Waals surface area contributed by atoms with Gasteiger partial charge in [-0.1, -0.05) is 59.3 Å². The summed E-state index contributed by atoms with van der Waals surface area (Å²) in [4.78, 5) is 39.5. The van der Waals surface area contributed by atoms with Gasteiger partial charge in [-0.2, -0.15) is 0 Å². The van der Waals surface area contributed by atoms with Crippen LogP contribution in [0.25, 0.3) is 6.08 Å². The molecule has 4 aromatic rings. The number of hydrogen-bond donors (Lipinski definition) is 3. The standard InChI is InChI=1S/C32H24BrF4N3O3S/c1-2-26(32(43)40-29-27(36)23(34)17-24(35)28(29)37)44-22-10-6-9-21(16-22)38-31(42)25(15-18-11-13-20(33)14-12-18)39-30(41)19-7-4-3-5-8-19/h3-17,26H,2H2,1H3,(H,38,42)(H,39,41)(H,40,43)/b25-15+. The zero-order chi connectivity index (χ0) is 31.8. The molecule has 0 fully saturated rings. The summed E-state index contributed by atoms with van der Waals surface area (Å²) in [5.41, 5.74) is 0.0887. The molecule has 0 radical (unpaired) electrons. The predicted octanol–water partition coefficient (Wildman–Crippen LogP) is 7.92. The van der Waals surface area contributed by atoms with Crippen molar-refractivity contribution >= 4 is 62.9 Å². The van der Waals surface area contributed by atoms with Gasteiger partial charge in [0.15, 0.2) is 23.3 Å². The topological polar surface area (TPSA) is 87.3 Å². The zero-order valence-corrected chi connectivity index (χ0v) is 25.4. The van der Waals surface area contributed by atoms with E-state index in [1.165, 1.54) is 6.08 Å². The van der Waals surface area contributed by atoms with Gasteiger partial charge in [-0.25, -0.2) is 17.6 Å². The molecule has 226 valence electrons. The Kier molecular flexibility index (Phi) is 11.0. The number of amides is 3. The van der Waals surface area contributed by atoms with Crippen molar-refractivity contribution in [2.45, 2.75) is 23.5 Å². The molecular formula is C32H24BrF4N3O3S. The average Bonchev–Trinajstić information content (AvgIpc) is 3.02. The fourth-order valence-corrected chi connectivity index (χ4v) is 5.16. The maximum Gasteiger partial charge on any atom is 0.272 e. The second-order valence-corrected chi connectivity index (χ2v) is 11.5. The lowest BCUT2D eigenvalue weighted by atomic mass is 10.1. The van der Waals surface area contributed by atoms with E-state index in [-0.39, 0.29) is 18.2 Å². The third kappa shape index (κ3) is 8.35. The van der Waals surface area contributed by atoms with Crippen LogP contribution >= 0.6 is 27.7 Å². The minimum Gasteiger partial charge on any atom is -0.321 e. The van der Waals surface area contributed by atoms with E-state index in [9.17, 15) is 31.9 Å². The number of hydrogen-bond acceptors (Lipinski definition) is 4. The summed E-state index contributed by atoms with van der Waals surface area (Å²) in [6.45, 7) is 1.65. The van der Waals surface area contributed by atoms with Crippen molar-refractivity contribution in [3.8, 4) is 0 Å². The molecule has 3 N–H and O–H groups in total. The number of anilines is 2. The second kappa shape index (κ2) is 14.8. The molecule has 0 saturated heterocycles. The SMILES string of the molecule is CCC(Sc1cccc(NC(=O)/C(=C\c2ccc(Br)cc2)NC(=O)c2ccccc2)c1)C(=O)Nc1c(F)c(F)cc(F)c1F. The van der Waals surface area contributed by atoms with E-state index in [4.69, 9.17) is 0 Å². The van der Waals surface area contributed by atoms with Crippen molar-refractivity contribution in [2.75, 3.05) is 10.6 Å². The van der Waals surface area contributed by atoms with E-state index in [0.717, 1.165) is 16.2 Å². The molecule has 0 bridgehead atoms. The number of nitrogens with one attached hydrogen (secondary N) is 3. The lowest BCUT2D eigenvalue weighted by molar-refractivity contribution is -0.116. The highest BCUT2D eigenvalue weighted by Crippen LogP contribution is 2.30. The molecule has 0 spiro atoms. The number of rotatable bonds is 10. The van der Waals surface area contributed by atoms with Crippen molar-refractivity contribution in [1.29, 1.82) is 0 Å². The Labute approximate surface area is 263 Å². The van der Waals surface area contributed by atoms with Crippen LogP contribution in [0.4, 0.5) is 28.9 Å². The van der Waals surface area contributed by atoms with Gasteiger partial charge >= 0.3 is 0 Å². The van der Waals surface area contributed by atoms with Gasteiger partial charge in [-0.15, -0.1) is 11.8 Å². The summed E-state index contributed by atoms with van der Waals surface area (Å²) in [6, 6.07) is 22.0. The molecule has 12 heteroatoms. The normalized spacial score (nSPS) is 11.9. The Hall–Kier alpha value is -4.42. The Morgan fingerprint density at radius 2 is 1.50 bits per heavy atom. The smallest absolute Gasteiger partial charge is 0.272 e. The van der Waals surface area contributed by atoms with Crippen molar-refractivity contribution in [1.82, 2.24) is 5.32 Å². The predicted molar refractivity (Wildman–Crippen MR) is 166 cm³/mol. The molecular weight excluding hydrogens is 662 g/mol. The Morgan fingerprint density at radius 1 is 0.841 bits per heavy atom. The molecule has 6 nitrogen and oxygen atoms in total. The van der Waals surface area contributed by atoms with Gasteiger partial charge in [-0.05, 0) is 60.5 Å². The zero-order valence-electron chi connectivity index (χ0n) is 23.0. The van der Waals surface area contributed by atoms with Crippen LogP contribution in [0.15, 0.2) is 100.0 Å². The minimum atomic E-state index is -1.71. The molecule has 0 saturated carbocycles. The van der Waals surface area contributed by atoms with Crippen LogP contribution in [0.5, 0.6) is 0 Å². The van der Waals surface area contributed by atoms with Crippen molar-refractivity contribution in [3.05, 3.63) is 129 Å². The number of benzene rings is 4.